The smallest absolute Gasteiger partial charge is 0.305 e. The van der Waals surface area contributed by atoms with Crippen molar-refractivity contribution in [1.29, 1.82) is 0 Å². The number of halogens is 2. The monoisotopic (exact) mass is 566 g/mol. The summed E-state index contributed by atoms with van der Waals surface area (Å²) in [5.41, 5.74) is 3.70. The van der Waals surface area contributed by atoms with Gasteiger partial charge < -0.3 is 4.74 Å². The van der Waals surface area contributed by atoms with Crippen LogP contribution in [0, 0.1) is 12.7 Å². The zero-order valence-corrected chi connectivity index (χ0v) is 25.7. The van der Waals surface area contributed by atoms with Crippen LogP contribution in [0.1, 0.15) is 103 Å². The molecule has 0 amide bonds. The summed E-state index contributed by atoms with van der Waals surface area (Å²) in [5.74, 6) is -0.706. The van der Waals surface area contributed by atoms with Gasteiger partial charge in [0, 0.05) is 17.3 Å². The Morgan fingerprint density at radius 3 is 1.94 bits per heavy atom. The second-order valence-corrected chi connectivity index (χ2v) is 8.73. The van der Waals surface area contributed by atoms with Crippen LogP contribution in [0.3, 0.4) is 0 Å². The van der Waals surface area contributed by atoms with Crippen LogP contribution in [-0.2, 0) is 9.53 Å². The maximum atomic E-state index is 13.1. The molecule has 0 aliphatic heterocycles. The van der Waals surface area contributed by atoms with E-state index >= 15 is 0 Å². The van der Waals surface area contributed by atoms with E-state index in [0.717, 1.165) is 6.42 Å². The van der Waals surface area contributed by atoms with Crippen molar-refractivity contribution in [3.8, 4) is 0 Å². The molecule has 5 heteroatoms. The number of methoxy groups -OCH3 is 1. The van der Waals surface area contributed by atoms with Gasteiger partial charge in [0.05, 0.1) is 12.7 Å². The Hall–Kier alpha value is -2.27. The Kier molecular flexibility index (Phi) is 27.4. The summed E-state index contributed by atoms with van der Waals surface area (Å²) in [5, 5.41) is 0. The summed E-state index contributed by atoms with van der Waals surface area (Å²) >= 11 is 3.57. The van der Waals surface area contributed by atoms with E-state index in [0.29, 0.717) is 18.4 Å². The van der Waals surface area contributed by atoms with E-state index in [1.165, 1.54) is 41.6 Å². The number of aryl methyl sites for hydroxylation is 1. The summed E-state index contributed by atoms with van der Waals surface area (Å²) in [7, 11) is 1.38. The first-order chi connectivity index (χ1) is 17.0. The lowest BCUT2D eigenvalue weighted by molar-refractivity contribution is -0.140. The molecule has 0 aliphatic rings. The summed E-state index contributed by atoms with van der Waals surface area (Å²) in [6.07, 6.45) is 14.9. The second kappa shape index (κ2) is 25.8. The fraction of sp³-hybridized carbons (Fsp3) is 0.484. The van der Waals surface area contributed by atoms with E-state index in [4.69, 9.17) is 0 Å². The molecule has 36 heavy (non-hydrogen) atoms. The number of carbonyl (C=O) groups excluding carboxylic acids is 2. The van der Waals surface area contributed by atoms with Gasteiger partial charge in [-0.3, -0.25) is 9.59 Å². The van der Waals surface area contributed by atoms with E-state index in [9.17, 15) is 14.0 Å². The SMILES string of the molecule is C/C=C\C.CCC(=O)OC.CCC(=O)c1c(C)cccc1F.CC\C=C(C)/C(Br)=C\C=C(\C)CCC. The molecule has 1 aromatic rings. The van der Waals surface area contributed by atoms with E-state index in [1.807, 2.05) is 26.0 Å². The van der Waals surface area contributed by atoms with E-state index in [2.05, 4.69) is 66.6 Å². The first-order valence-corrected chi connectivity index (χ1v) is 13.4. The highest BCUT2D eigenvalue weighted by Gasteiger charge is 2.11. The van der Waals surface area contributed by atoms with Crippen LogP contribution >= 0.6 is 15.9 Å². The van der Waals surface area contributed by atoms with Crippen LogP contribution in [0.2, 0.25) is 0 Å². The highest BCUT2D eigenvalue weighted by Crippen LogP contribution is 2.18. The van der Waals surface area contributed by atoms with Crippen molar-refractivity contribution in [3.63, 3.8) is 0 Å². The van der Waals surface area contributed by atoms with Crippen molar-refractivity contribution in [2.24, 2.45) is 0 Å². The van der Waals surface area contributed by atoms with Crippen LogP contribution in [0.15, 0.2) is 64.2 Å². The number of esters is 1. The van der Waals surface area contributed by atoms with Crippen LogP contribution < -0.4 is 0 Å². The van der Waals surface area contributed by atoms with Gasteiger partial charge in [0.25, 0.3) is 0 Å². The van der Waals surface area contributed by atoms with E-state index in [-0.39, 0.29) is 17.3 Å². The number of carbonyl (C=O) groups is 2. The van der Waals surface area contributed by atoms with Gasteiger partial charge in [-0.1, -0.05) is 92.1 Å². The number of rotatable bonds is 8. The van der Waals surface area contributed by atoms with Crippen molar-refractivity contribution in [1.82, 2.24) is 0 Å². The molecule has 0 spiro atoms. The first-order valence-electron chi connectivity index (χ1n) is 12.6. The van der Waals surface area contributed by atoms with Gasteiger partial charge in [0.1, 0.15) is 5.82 Å². The molecule has 1 rings (SSSR count). The van der Waals surface area contributed by atoms with E-state index in [1.54, 1.807) is 32.9 Å². The molecule has 1 aromatic carbocycles. The molecule has 0 atom stereocenters. The molecule has 0 N–H and O–H groups in total. The van der Waals surface area contributed by atoms with Crippen molar-refractivity contribution in [2.45, 2.75) is 94.4 Å². The first kappa shape index (κ1) is 38.3. The molecular weight excluding hydrogens is 519 g/mol. The molecule has 0 saturated carbocycles. The Labute approximate surface area is 228 Å². The molecule has 3 nitrogen and oxygen atoms in total. The molecule has 0 saturated heterocycles. The molecule has 0 heterocycles. The summed E-state index contributed by atoms with van der Waals surface area (Å²) in [4.78, 5) is 21.2. The summed E-state index contributed by atoms with van der Waals surface area (Å²) in [6, 6.07) is 4.67. The van der Waals surface area contributed by atoms with Gasteiger partial charge in [-0.05, 0) is 70.7 Å². The third-order valence-electron chi connectivity index (χ3n) is 4.72. The van der Waals surface area contributed by atoms with Crippen LogP contribution in [-0.4, -0.2) is 18.9 Å². The zero-order valence-electron chi connectivity index (χ0n) is 24.1. The number of allylic oxidation sites excluding steroid dienone is 8. The molecule has 0 radical (unpaired) electrons. The Morgan fingerprint density at radius 2 is 1.58 bits per heavy atom. The van der Waals surface area contributed by atoms with Gasteiger partial charge in [-0.2, -0.15) is 0 Å². The van der Waals surface area contributed by atoms with Crippen molar-refractivity contribution >= 4 is 27.7 Å². The molecule has 0 bridgehead atoms. The maximum absolute atomic E-state index is 13.1. The van der Waals surface area contributed by atoms with Gasteiger partial charge >= 0.3 is 5.97 Å². The van der Waals surface area contributed by atoms with Gasteiger partial charge in [-0.25, -0.2) is 4.39 Å². The number of ketones is 1. The van der Waals surface area contributed by atoms with Gasteiger partial charge in [0.15, 0.2) is 5.78 Å². The molecular formula is C31H48BrFO3. The number of hydrogen-bond acceptors (Lipinski definition) is 3. The number of Topliss-reactive ketones (excluding diaryl/α,β-unsaturated/α-hetero) is 1. The van der Waals surface area contributed by atoms with Gasteiger partial charge in [-0.15, -0.1) is 0 Å². The standard InChI is InChI=1S/C13H21Br.C10H11FO.C4H8O2.C4H8/c1-5-7-11(3)9-10-13(14)12(4)8-6-2;1-3-9(12)10-7(2)5-4-6-8(10)11;1-3-4(5)6-2;1-3-4-2/h8-10H,5-7H2,1-4H3;4-6H,3H2,1-2H3;3H2,1-2H3;3-4H,1-2H3/b11-9-,12-8-,13-10+;;;4-3-. The lowest BCUT2D eigenvalue weighted by atomic mass is 10.0. The second-order valence-electron chi connectivity index (χ2n) is 7.88. The molecule has 0 aliphatic carbocycles. The van der Waals surface area contributed by atoms with Gasteiger partial charge in [0.2, 0.25) is 0 Å². The van der Waals surface area contributed by atoms with E-state index < -0.39 is 5.82 Å². The highest BCUT2D eigenvalue weighted by atomic mass is 79.9. The minimum Gasteiger partial charge on any atom is -0.469 e. The molecule has 204 valence electrons. The number of benzene rings is 1. The Bertz CT molecular complexity index is 834. The van der Waals surface area contributed by atoms with Crippen LogP contribution in [0.4, 0.5) is 4.39 Å². The lowest BCUT2D eigenvalue weighted by Crippen LogP contribution is -2.02. The highest BCUT2D eigenvalue weighted by molar-refractivity contribution is 9.12. The summed E-state index contributed by atoms with van der Waals surface area (Å²) in [6.45, 7) is 17.9. The minimum absolute atomic E-state index is 0.134. The summed E-state index contributed by atoms with van der Waals surface area (Å²) < 4.78 is 18.5. The molecule has 0 fully saturated rings. The number of ether oxygens (including phenoxy) is 1. The normalized spacial score (nSPS) is 11.4. The number of hydrogen-bond donors (Lipinski definition) is 0. The topological polar surface area (TPSA) is 43.4 Å². The third kappa shape index (κ3) is 21.0. The predicted molar refractivity (Wildman–Crippen MR) is 158 cm³/mol. The van der Waals surface area contributed by atoms with Crippen molar-refractivity contribution in [2.75, 3.05) is 7.11 Å². The molecule has 0 aromatic heterocycles. The Morgan fingerprint density at radius 1 is 1.00 bits per heavy atom. The minimum atomic E-state index is -0.415. The average molecular weight is 568 g/mol. The average Bonchev–Trinajstić information content (AvgIpc) is 2.87. The third-order valence-corrected chi connectivity index (χ3v) is 5.61. The lowest BCUT2D eigenvalue weighted by Gasteiger charge is -2.03. The maximum Gasteiger partial charge on any atom is 0.305 e. The fourth-order valence-corrected chi connectivity index (χ4v) is 2.83. The van der Waals surface area contributed by atoms with Crippen LogP contribution in [0.25, 0.3) is 0 Å². The van der Waals surface area contributed by atoms with Crippen LogP contribution in [0.5, 0.6) is 0 Å². The van der Waals surface area contributed by atoms with Crippen molar-refractivity contribution in [3.05, 3.63) is 81.2 Å². The zero-order chi connectivity index (χ0) is 28.5. The predicted octanol–water partition coefficient (Wildman–Crippen LogP) is 10.2. The largest absolute Gasteiger partial charge is 0.469 e. The fourth-order valence-electron chi connectivity index (χ4n) is 2.53. The quantitative estimate of drug-likeness (QED) is 0.136. The van der Waals surface area contributed by atoms with Crippen molar-refractivity contribution < 1.29 is 18.7 Å². The Balaban J connectivity index is -0.000000446. The molecule has 0 unspecified atom stereocenters.